The van der Waals surface area contributed by atoms with Crippen molar-refractivity contribution < 1.29 is 14.3 Å². The molecule has 1 N–H and O–H groups in total. The SMILES string of the molecule is CCCN(CCC)C(=O)c1nc(C(=O)NCCOC)n2ccccc12. The Bertz CT molecular complexity index is 720. The first-order chi connectivity index (χ1) is 12.1. The molecule has 0 fully saturated rings. The highest BCUT2D eigenvalue weighted by Gasteiger charge is 2.24. The van der Waals surface area contributed by atoms with E-state index in [9.17, 15) is 9.59 Å². The molecule has 2 amide bonds. The number of imidazole rings is 1. The largest absolute Gasteiger partial charge is 0.383 e. The van der Waals surface area contributed by atoms with E-state index >= 15 is 0 Å². The van der Waals surface area contributed by atoms with Crippen LogP contribution in [-0.4, -0.2) is 59.4 Å². The number of carbonyl (C=O) groups is 2. The van der Waals surface area contributed by atoms with Crippen molar-refractivity contribution in [2.24, 2.45) is 0 Å². The molecule has 0 bridgehead atoms. The molecule has 136 valence electrons. The van der Waals surface area contributed by atoms with Crippen molar-refractivity contribution in [1.82, 2.24) is 19.6 Å². The number of rotatable bonds is 9. The number of pyridine rings is 1. The molecule has 0 aliphatic rings. The van der Waals surface area contributed by atoms with Gasteiger partial charge in [0.25, 0.3) is 11.8 Å². The summed E-state index contributed by atoms with van der Waals surface area (Å²) < 4.78 is 6.60. The minimum absolute atomic E-state index is 0.136. The van der Waals surface area contributed by atoms with E-state index in [2.05, 4.69) is 10.3 Å². The van der Waals surface area contributed by atoms with Crippen LogP contribution in [0, 0.1) is 0 Å². The van der Waals surface area contributed by atoms with E-state index in [-0.39, 0.29) is 17.6 Å². The van der Waals surface area contributed by atoms with Crippen LogP contribution < -0.4 is 5.32 Å². The fraction of sp³-hybridized carbons (Fsp3) is 0.500. The second kappa shape index (κ2) is 9.17. The molecule has 0 aliphatic carbocycles. The van der Waals surface area contributed by atoms with Crippen LogP contribution in [0.25, 0.3) is 5.52 Å². The summed E-state index contributed by atoms with van der Waals surface area (Å²) in [5.74, 6) is -0.249. The maximum atomic E-state index is 12.9. The van der Waals surface area contributed by atoms with Gasteiger partial charge in [-0.3, -0.25) is 14.0 Å². The first-order valence-corrected chi connectivity index (χ1v) is 8.67. The van der Waals surface area contributed by atoms with E-state index < -0.39 is 0 Å². The van der Waals surface area contributed by atoms with E-state index in [4.69, 9.17) is 4.74 Å². The topological polar surface area (TPSA) is 75.9 Å². The maximum Gasteiger partial charge on any atom is 0.287 e. The zero-order valence-corrected chi connectivity index (χ0v) is 15.1. The van der Waals surface area contributed by atoms with Gasteiger partial charge in [0.2, 0.25) is 5.82 Å². The molecule has 2 heterocycles. The molecule has 0 saturated carbocycles. The lowest BCUT2D eigenvalue weighted by Crippen LogP contribution is -2.33. The second-order valence-corrected chi connectivity index (χ2v) is 5.78. The van der Waals surface area contributed by atoms with Crippen LogP contribution in [0.4, 0.5) is 0 Å². The van der Waals surface area contributed by atoms with Crippen LogP contribution in [0.1, 0.15) is 47.8 Å². The van der Waals surface area contributed by atoms with Crippen molar-refractivity contribution >= 4 is 17.3 Å². The fourth-order valence-corrected chi connectivity index (χ4v) is 2.71. The molecule has 25 heavy (non-hydrogen) atoms. The van der Waals surface area contributed by atoms with Gasteiger partial charge in [-0.05, 0) is 25.0 Å². The van der Waals surface area contributed by atoms with Gasteiger partial charge >= 0.3 is 0 Å². The number of ether oxygens (including phenoxy) is 1. The first kappa shape index (κ1) is 18.9. The molecule has 0 aliphatic heterocycles. The Morgan fingerprint density at radius 2 is 1.96 bits per heavy atom. The number of methoxy groups -OCH3 is 1. The van der Waals surface area contributed by atoms with Gasteiger partial charge in [0, 0.05) is 32.9 Å². The third-order valence-electron chi connectivity index (χ3n) is 3.82. The minimum atomic E-state index is -0.324. The summed E-state index contributed by atoms with van der Waals surface area (Å²) in [7, 11) is 1.57. The van der Waals surface area contributed by atoms with Crippen LogP contribution in [0.3, 0.4) is 0 Å². The van der Waals surface area contributed by atoms with Crippen molar-refractivity contribution in [3.05, 3.63) is 35.9 Å². The quantitative estimate of drug-likeness (QED) is 0.705. The van der Waals surface area contributed by atoms with Crippen molar-refractivity contribution in [3.8, 4) is 0 Å². The maximum absolute atomic E-state index is 12.9. The van der Waals surface area contributed by atoms with E-state index in [1.807, 2.05) is 32.0 Å². The number of carbonyl (C=O) groups excluding carboxylic acids is 2. The predicted octanol–water partition coefficient (Wildman–Crippen LogP) is 1.97. The number of nitrogens with one attached hydrogen (secondary N) is 1. The molecule has 0 saturated heterocycles. The molecular weight excluding hydrogens is 320 g/mol. The van der Waals surface area contributed by atoms with Gasteiger partial charge in [-0.2, -0.15) is 0 Å². The molecule has 0 unspecified atom stereocenters. The summed E-state index contributed by atoms with van der Waals surface area (Å²) in [5, 5.41) is 2.75. The van der Waals surface area contributed by atoms with Gasteiger partial charge in [-0.1, -0.05) is 19.9 Å². The average Bonchev–Trinajstić information content (AvgIpc) is 3.01. The molecule has 0 aromatic carbocycles. The van der Waals surface area contributed by atoms with Gasteiger partial charge in [0.1, 0.15) is 0 Å². The van der Waals surface area contributed by atoms with Crippen molar-refractivity contribution in [1.29, 1.82) is 0 Å². The van der Waals surface area contributed by atoms with Gasteiger partial charge in [0.15, 0.2) is 5.69 Å². The lowest BCUT2D eigenvalue weighted by atomic mass is 10.2. The van der Waals surface area contributed by atoms with Gasteiger partial charge in [0.05, 0.1) is 12.1 Å². The zero-order chi connectivity index (χ0) is 18.2. The number of fused-ring (bicyclic) bond motifs is 1. The summed E-state index contributed by atoms with van der Waals surface area (Å²) >= 11 is 0. The highest BCUT2D eigenvalue weighted by molar-refractivity contribution is 6.02. The van der Waals surface area contributed by atoms with E-state index in [0.717, 1.165) is 12.8 Å². The normalized spacial score (nSPS) is 10.8. The molecule has 0 radical (unpaired) electrons. The van der Waals surface area contributed by atoms with Crippen molar-refractivity contribution in [2.75, 3.05) is 33.4 Å². The van der Waals surface area contributed by atoms with Crippen LogP contribution in [0.15, 0.2) is 24.4 Å². The molecule has 2 rings (SSSR count). The van der Waals surface area contributed by atoms with Gasteiger partial charge in [-0.15, -0.1) is 0 Å². The summed E-state index contributed by atoms with van der Waals surface area (Å²) in [6, 6.07) is 5.46. The fourth-order valence-electron chi connectivity index (χ4n) is 2.71. The average molecular weight is 346 g/mol. The Balaban J connectivity index is 2.37. The summed E-state index contributed by atoms with van der Waals surface area (Å²) in [6.45, 7) is 6.23. The molecule has 0 atom stereocenters. The number of amides is 2. The number of nitrogens with zero attached hydrogens (tertiary/aromatic N) is 3. The zero-order valence-electron chi connectivity index (χ0n) is 15.1. The number of hydrogen-bond acceptors (Lipinski definition) is 4. The Hall–Kier alpha value is -2.41. The molecule has 7 heteroatoms. The summed E-state index contributed by atoms with van der Waals surface area (Å²) in [6.07, 6.45) is 3.50. The molecule has 2 aromatic heterocycles. The van der Waals surface area contributed by atoms with Crippen LogP contribution >= 0.6 is 0 Å². The van der Waals surface area contributed by atoms with Crippen LogP contribution in [-0.2, 0) is 4.74 Å². The lowest BCUT2D eigenvalue weighted by molar-refractivity contribution is 0.0752. The first-order valence-electron chi connectivity index (χ1n) is 8.67. The standard InChI is InChI=1S/C18H26N4O3/c1-4-10-21(11-5-2)18(24)15-14-8-6-7-12-22(14)16(20-15)17(23)19-9-13-25-3/h6-8,12H,4-5,9-11,13H2,1-3H3,(H,19,23). The van der Waals surface area contributed by atoms with Crippen molar-refractivity contribution in [3.63, 3.8) is 0 Å². The number of hydrogen-bond donors (Lipinski definition) is 1. The molecule has 2 aromatic rings. The predicted molar refractivity (Wildman–Crippen MR) is 95.9 cm³/mol. The minimum Gasteiger partial charge on any atom is -0.383 e. The summed E-state index contributed by atoms with van der Waals surface area (Å²) in [4.78, 5) is 31.5. The molecule has 7 nitrogen and oxygen atoms in total. The highest BCUT2D eigenvalue weighted by atomic mass is 16.5. The Labute approximate surface area is 148 Å². The van der Waals surface area contributed by atoms with E-state index in [1.54, 1.807) is 22.6 Å². The highest BCUT2D eigenvalue weighted by Crippen LogP contribution is 2.16. The second-order valence-electron chi connectivity index (χ2n) is 5.78. The Morgan fingerprint density at radius 1 is 1.24 bits per heavy atom. The Morgan fingerprint density at radius 3 is 2.60 bits per heavy atom. The van der Waals surface area contributed by atoms with Crippen LogP contribution in [0.5, 0.6) is 0 Å². The van der Waals surface area contributed by atoms with Gasteiger partial charge < -0.3 is 15.0 Å². The molecule has 0 spiro atoms. The van der Waals surface area contributed by atoms with E-state index in [1.165, 1.54) is 0 Å². The third kappa shape index (κ3) is 4.36. The monoisotopic (exact) mass is 346 g/mol. The number of aromatic nitrogens is 2. The van der Waals surface area contributed by atoms with E-state index in [0.29, 0.717) is 37.5 Å². The third-order valence-corrected chi connectivity index (χ3v) is 3.82. The van der Waals surface area contributed by atoms with Crippen LogP contribution in [0.2, 0.25) is 0 Å². The van der Waals surface area contributed by atoms with Crippen molar-refractivity contribution in [2.45, 2.75) is 26.7 Å². The lowest BCUT2D eigenvalue weighted by Gasteiger charge is -2.20. The summed E-state index contributed by atoms with van der Waals surface area (Å²) in [5.41, 5.74) is 0.959. The Kier molecular flexibility index (Phi) is 6.94. The molecular formula is C18H26N4O3. The van der Waals surface area contributed by atoms with Gasteiger partial charge in [-0.25, -0.2) is 4.98 Å². The smallest absolute Gasteiger partial charge is 0.287 e.